The zero-order chi connectivity index (χ0) is 8.93. The number of allylic oxidation sites excluding steroid dienone is 4. The fourth-order valence-corrected chi connectivity index (χ4v) is 1.93. The summed E-state index contributed by atoms with van der Waals surface area (Å²) in [6.07, 6.45) is 11.4. The van der Waals surface area contributed by atoms with Crippen LogP contribution in [0.3, 0.4) is 0 Å². The first-order valence-electron chi connectivity index (χ1n) is 4.24. The summed E-state index contributed by atoms with van der Waals surface area (Å²) in [4.78, 5) is 5.53. The summed E-state index contributed by atoms with van der Waals surface area (Å²) in [5, 5.41) is 1.06. The molecular formula is C11H10NS. The minimum Gasteiger partial charge on any atom is -0.250 e. The minimum absolute atomic E-state index is 1.03. The number of nitrogens with zero attached hydrogens (tertiary/aromatic N) is 1. The summed E-state index contributed by atoms with van der Waals surface area (Å²) in [7, 11) is 0. The van der Waals surface area contributed by atoms with E-state index < -0.39 is 0 Å². The van der Waals surface area contributed by atoms with Gasteiger partial charge in [-0.05, 0) is 23.5 Å². The maximum Gasteiger partial charge on any atom is 0.100 e. The van der Waals surface area contributed by atoms with Gasteiger partial charge in [-0.2, -0.15) is 0 Å². The molecule has 0 spiro atoms. The second kappa shape index (κ2) is 4.28. The molecule has 2 rings (SSSR count). The van der Waals surface area contributed by atoms with Crippen LogP contribution < -0.4 is 0 Å². The smallest absolute Gasteiger partial charge is 0.100 e. The topological polar surface area (TPSA) is 12.9 Å². The maximum atomic E-state index is 4.25. The molecule has 0 bridgehead atoms. The summed E-state index contributed by atoms with van der Waals surface area (Å²) in [5.74, 6) is 0. The van der Waals surface area contributed by atoms with E-state index in [9.17, 15) is 0 Å². The minimum atomic E-state index is 1.03. The highest BCUT2D eigenvalue weighted by Crippen LogP contribution is 2.28. The van der Waals surface area contributed by atoms with Gasteiger partial charge in [0.1, 0.15) is 5.03 Å². The third-order valence-electron chi connectivity index (χ3n) is 1.71. The standard InChI is InChI=1S/C11H10NS/c1-2-6-10(7-3-1)13-11-8-4-5-9-12-11/h1-2,4-9H,3H2. The van der Waals surface area contributed by atoms with Crippen LogP contribution in [0.5, 0.6) is 0 Å². The van der Waals surface area contributed by atoms with Crippen molar-refractivity contribution in [2.45, 2.75) is 11.4 Å². The molecule has 0 aromatic carbocycles. The molecule has 0 N–H and O–H groups in total. The van der Waals surface area contributed by atoms with E-state index in [1.54, 1.807) is 11.8 Å². The highest BCUT2D eigenvalue weighted by molar-refractivity contribution is 8.03. The summed E-state index contributed by atoms with van der Waals surface area (Å²) in [6, 6.07) is 5.97. The van der Waals surface area contributed by atoms with Crippen LogP contribution in [0.1, 0.15) is 6.42 Å². The summed E-state index contributed by atoms with van der Waals surface area (Å²) in [6.45, 7) is 0. The van der Waals surface area contributed by atoms with Gasteiger partial charge in [0.05, 0.1) is 0 Å². The first-order valence-corrected chi connectivity index (χ1v) is 5.06. The largest absolute Gasteiger partial charge is 0.250 e. The quantitative estimate of drug-likeness (QED) is 0.706. The molecular weight excluding hydrogens is 178 g/mol. The van der Waals surface area contributed by atoms with Crippen LogP contribution in [0.4, 0.5) is 0 Å². The zero-order valence-corrected chi connectivity index (χ0v) is 8.00. The van der Waals surface area contributed by atoms with Crippen LogP contribution >= 0.6 is 11.8 Å². The normalized spacial score (nSPS) is 15.5. The molecule has 1 nitrogen and oxygen atoms in total. The number of hydrogen-bond acceptors (Lipinski definition) is 2. The number of hydrogen-bond donors (Lipinski definition) is 0. The second-order valence-corrected chi connectivity index (χ2v) is 3.80. The lowest BCUT2D eigenvalue weighted by Crippen LogP contribution is -1.85. The SMILES string of the molecule is [CH]1CC=CC=C1Sc1ccccn1. The fraction of sp³-hybridized carbons (Fsp3) is 0.0909. The molecule has 0 saturated heterocycles. The van der Waals surface area contributed by atoms with Crippen LogP contribution in [-0.2, 0) is 0 Å². The summed E-state index contributed by atoms with van der Waals surface area (Å²) in [5.41, 5.74) is 0. The Morgan fingerprint density at radius 2 is 2.31 bits per heavy atom. The Morgan fingerprint density at radius 1 is 1.31 bits per heavy atom. The third kappa shape index (κ3) is 2.46. The van der Waals surface area contributed by atoms with Crippen molar-refractivity contribution in [2.75, 3.05) is 0 Å². The van der Waals surface area contributed by atoms with Gasteiger partial charge in [-0.25, -0.2) is 4.98 Å². The van der Waals surface area contributed by atoms with Gasteiger partial charge in [-0.15, -0.1) is 0 Å². The number of pyridine rings is 1. The maximum absolute atomic E-state index is 4.25. The Bertz CT molecular complexity index is 327. The van der Waals surface area contributed by atoms with Crippen molar-refractivity contribution in [1.82, 2.24) is 4.98 Å². The van der Waals surface area contributed by atoms with E-state index in [0.717, 1.165) is 11.4 Å². The molecule has 1 aliphatic carbocycles. The Morgan fingerprint density at radius 3 is 3.00 bits per heavy atom. The van der Waals surface area contributed by atoms with Crippen LogP contribution in [0, 0.1) is 6.42 Å². The second-order valence-electron chi connectivity index (χ2n) is 2.71. The third-order valence-corrected chi connectivity index (χ3v) is 2.70. The number of rotatable bonds is 2. The van der Waals surface area contributed by atoms with Crippen LogP contribution in [0.2, 0.25) is 0 Å². The van der Waals surface area contributed by atoms with Gasteiger partial charge < -0.3 is 0 Å². The molecule has 1 aliphatic rings. The lowest BCUT2D eigenvalue weighted by atomic mass is 10.2. The Kier molecular flexibility index (Phi) is 2.82. The first kappa shape index (κ1) is 8.57. The molecule has 0 atom stereocenters. The van der Waals surface area contributed by atoms with Crippen molar-refractivity contribution < 1.29 is 0 Å². The van der Waals surface area contributed by atoms with E-state index in [0.29, 0.717) is 0 Å². The van der Waals surface area contributed by atoms with E-state index in [4.69, 9.17) is 0 Å². The summed E-state index contributed by atoms with van der Waals surface area (Å²) >= 11 is 1.71. The lowest BCUT2D eigenvalue weighted by molar-refractivity contribution is 1.13. The van der Waals surface area contributed by atoms with Gasteiger partial charge in [0, 0.05) is 12.6 Å². The van der Waals surface area contributed by atoms with Gasteiger partial charge in [0.25, 0.3) is 0 Å². The molecule has 1 heterocycles. The van der Waals surface area contributed by atoms with Crippen molar-refractivity contribution in [3.8, 4) is 0 Å². The first-order chi connectivity index (χ1) is 6.45. The van der Waals surface area contributed by atoms with Crippen molar-refractivity contribution >= 4 is 11.8 Å². The Balaban J connectivity index is 2.06. The molecule has 13 heavy (non-hydrogen) atoms. The van der Waals surface area contributed by atoms with E-state index in [-0.39, 0.29) is 0 Å². The van der Waals surface area contributed by atoms with Crippen molar-refractivity contribution in [3.63, 3.8) is 0 Å². The van der Waals surface area contributed by atoms with E-state index >= 15 is 0 Å². The molecule has 2 heteroatoms. The highest BCUT2D eigenvalue weighted by Gasteiger charge is 2.02. The number of thioether (sulfide) groups is 1. The monoisotopic (exact) mass is 188 g/mol. The van der Waals surface area contributed by atoms with Gasteiger partial charge >= 0.3 is 0 Å². The predicted molar refractivity (Wildman–Crippen MR) is 56.2 cm³/mol. The van der Waals surface area contributed by atoms with Gasteiger partial charge in [-0.1, -0.05) is 36.1 Å². The fourth-order valence-electron chi connectivity index (χ4n) is 1.10. The predicted octanol–water partition coefficient (Wildman–Crippen LogP) is 3.22. The number of aromatic nitrogens is 1. The lowest BCUT2D eigenvalue weighted by Gasteiger charge is -2.06. The van der Waals surface area contributed by atoms with E-state index in [1.165, 1.54) is 4.91 Å². The van der Waals surface area contributed by atoms with Crippen LogP contribution in [0.15, 0.2) is 52.6 Å². The van der Waals surface area contributed by atoms with Crippen molar-refractivity contribution in [2.24, 2.45) is 0 Å². The van der Waals surface area contributed by atoms with E-state index in [1.807, 2.05) is 24.4 Å². The molecule has 0 fully saturated rings. The zero-order valence-electron chi connectivity index (χ0n) is 7.18. The van der Waals surface area contributed by atoms with Gasteiger partial charge in [-0.3, -0.25) is 0 Å². The molecule has 0 saturated carbocycles. The molecule has 1 aromatic rings. The van der Waals surface area contributed by atoms with Crippen LogP contribution in [-0.4, -0.2) is 4.98 Å². The highest BCUT2D eigenvalue weighted by atomic mass is 32.2. The van der Waals surface area contributed by atoms with Crippen molar-refractivity contribution in [3.05, 3.63) is 53.9 Å². The molecule has 0 amide bonds. The van der Waals surface area contributed by atoms with Gasteiger partial charge in [0.15, 0.2) is 0 Å². The van der Waals surface area contributed by atoms with E-state index in [2.05, 4.69) is 29.6 Å². The average Bonchev–Trinajstić information content (AvgIpc) is 2.21. The average molecular weight is 188 g/mol. The molecule has 65 valence electrons. The Labute approximate surface area is 82.6 Å². The van der Waals surface area contributed by atoms with Crippen molar-refractivity contribution in [1.29, 1.82) is 0 Å². The molecule has 1 aromatic heterocycles. The van der Waals surface area contributed by atoms with Crippen LogP contribution in [0.25, 0.3) is 0 Å². The molecule has 1 radical (unpaired) electrons. The summed E-state index contributed by atoms with van der Waals surface area (Å²) < 4.78 is 0. The Hall–Kier alpha value is -1.02. The van der Waals surface area contributed by atoms with Gasteiger partial charge in [0.2, 0.25) is 0 Å². The molecule has 0 aliphatic heterocycles. The molecule has 0 unspecified atom stereocenters.